The fraction of sp³-hybridized carbons (Fsp3) is 0.261. The van der Waals surface area contributed by atoms with Crippen molar-refractivity contribution in [2.24, 2.45) is 0 Å². The third-order valence-electron chi connectivity index (χ3n) is 5.16. The third-order valence-corrected chi connectivity index (χ3v) is 6.13. The molecule has 0 saturated heterocycles. The number of thioether (sulfide) groups is 1. The number of aromatic nitrogens is 4. The molecule has 4 aromatic rings. The highest BCUT2D eigenvalue weighted by Gasteiger charge is 2.20. The first-order chi connectivity index (χ1) is 14.6. The maximum Gasteiger partial charge on any atom is 0.200 e. The fourth-order valence-electron chi connectivity index (χ4n) is 3.67. The molecule has 0 spiro atoms. The Morgan fingerprint density at radius 3 is 2.53 bits per heavy atom. The first kappa shape index (κ1) is 20.2. The van der Waals surface area contributed by atoms with Crippen molar-refractivity contribution < 1.29 is 9.21 Å². The van der Waals surface area contributed by atoms with Crippen molar-refractivity contribution in [3.63, 3.8) is 0 Å². The number of aryl methyl sites for hydroxylation is 1. The Labute approximate surface area is 179 Å². The molecule has 6 nitrogen and oxygen atoms in total. The van der Waals surface area contributed by atoms with Gasteiger partial charge in [-0.05, 0) is 44.5 Å². The van der Waals surface area contributed by atoms with Crippen LogP contribution in [0.2, 0.25) is 0 Å². The van der Waals surface area contributed by atoms with Gasteiger partial charge >= 0.3 is 0 Å². The van der Waals surface area contributed by atoms with Crippen molar-refractivity contribution in [1.82, 2.24) is 19.3 Å². The van der Waals surface area contributed by atoms with Gasteiger partial charge in [0.2, 0.25) is 5.82 Å². The molecule has 3 heterocycles. The monoisotopic (exact) mass is 420 g/mol. The van der Waals surface area contributed by atoms with Gasteiger partial charge in [-0.15, -0.1) is 10.2 Å². The lowest BCUT2D eigenvalue weighted by molar-refractivity contribution is 0.102. The van der Waals surface area contributed by atoms with E-state index < -0.39 is 0 Å². The lowest BCUT2D eigenvalue weighted by atomic mass is 10.2. The lowest BCUT2D eigenvalue weighted by Gasteiger charge is -2.09. The van der Waals surface area contributed by atoms with E-state index in [1.165, 1.54) is 11.8 Å². The molecule has 0 unspecified atom stereocenters. The molecule has 0 aliphatic rings. The van der Waals surface area contributed by atoms with Crippen molar-refractivity contribution in [2.45, 2.75) is 39.0 Å². The molecule has 0 aliphatic carbocycles. The number of ketones is 1. The molecular weight excluding hydrogens is 396 g/mol. The van der Waals surface area contributed by atoms with E-state index in [1.807, 2.05) is 54.8 Å². The van der Waals surface area contributed by atoms with Gasteiger partial charge in [-0.25, -0.2) is 0 Å². The smallest absolute Gasteiger partial charge is 0.200 e. The van der Waals surface area contributed by atoms with Gasteiger partial charge < -0.3 is 8.98 Å². The predicted octanol–water partition coefficient (Wildman–Crippen LogP) is 5.00. The number of nitrogens with zero attached hydrogens (tertiary/aromatic N) is 4. The SMILES string of the molecule is CCn1c(C)cc(C(=O)CSc2nnc(-c3ccco3)n2Cc2ccccc2)c1C. The van der Waals surface area contributed by atoms with Gasteiger partial charge in [-0.1, -0.05) is 42.1 Å². The first-order valence-electron chi connectivity index (χ1n) is 9.92. The summed E-state index contributed by atoms with van der Waals surface area (Å²) < 4.78 is 9.71. The second-order valence-corrected chi connectivity index (χ2v) is 8.04. The molecule has 0 atom stereocenters. The molecule has 0 amide bonds. The molecule has 7 heteroatoms. The van der Waals surface area contributed by atoms with E-state index in [1.54, 1.807) is 6.26 Å². The van der Waals surface area contributed by atoms with Gasteiger partial charge in [0.05, 0.1) is 18.6 Å². The van der Waals surface area contributed by atoms with Gasteiger partial charge in [0, 0.05) is 23.5 Å². The molecule has 0 saturated carbocycles. The van der Waals surface area contributed by atoms with Crippen molar-refractivity contribution in [2.75, 3.05) is 5.75 Å². The quantitative estimate of drug-likeness (QED) is 0.296. The van der Waals surface area contributed by atoms with Gasteiger partial charge in [0.25, 0.3) is 0 Å². The highest BCUT2D eigenvalue weighted by atomic mass is 32.2. The van der Waals surface area contributed by atoms with Crippen molar-refractivity contribution in [3.05, 3.63) is 77.3 Å². The maximum atomic E-state index is 12.9. The highest BCUT2D eigenvalue weighted by Crippen LogP contribution is 2.27. The molecule has 154 valence electrons. The Bertz CT molecular complexity index is 1140. The van der Waals surface area contributed by atoms with Crippen molar-refractivity contribution in [1.29, 1.82) is 0 Å². The van der Waals surface area contributed by atoms with Crippen LogP contribution in [0, 0.1) is 13.8 Å². The van der Waals surface area contributed by atoms with Crippen LogP contribution < -0.4 is 0 Å². The van der Waals surface area contributed by atoms with E-state index in [2.05, 4.69) is 33.8 Å². The summed E-state index contributed by atoms with van der Waals surface area (Å²) in [7, 11) is 0. The Kier molecular flexibility index (Phi) is 5.90. The minimum absolute atomic E-state index is 0.0987. The second-order valence-electron chi connectivity index (χ2n) is 7.10. The van der Waals surface area contributed by atoms with Crippen LogP contribution in [0.4, 0.5) is 0 Å². The second kappa shape index (κ2) is 8.75. The molecular formula is C23H24N4O2S. The summed E-state index contributed by atoms with van der Waals surface area (Å²) in [6.45, 7) is 7.58. The number of furan rings is 1. The van der Waals surface area contributed by atoms with Crippen LogP contribution in [0.15, 0.2) is 64.4 Å². The summed E-state index contributed by atoms with van der Waals surface area (Å²) in [6, 6.07) is 15.8. The zero-order chi connectivity index (χ0) is 21.1. The van der Waals surface area contributed by atoms with Gasteiger partial charge in [0.15, 0.2) is 16.7 Å². The third kappa shape index (κ3) is 3.98. The zero-order valence-electron chi connectivity index (χ0n) is 17.3. The first-order valence-corrected chi connectivity index (χ1v) is 10.9. The minimum Gasteiger partial charge on any atom is -0.461 e. The molecule has 30 heavy (non-hydrogen) atoms. The summed E-state index contributed by atoms with van der Waals surface area (Å²) in [5.41, 5.74) is 4.03. The summed E-state index contributed by atoms with van der Waals surface area (Å²) in [5, 5.41) is 9.39. The van der Waals surface area contributed by atoms with Gasteiger partial charge in [-0.2, -0.15) is 0 Å². The Morgan fingerprint density at radius 1 is 1.07 bits per heavy atom. The van der Waals surface area contributed by atoms with Crippen LogP contribution in [-0.2, 0) is 13.1 Å². The van der Waals surface area contributed by atoms with Crippen LogP contribution in [0.3, 0.4) is 0 Å². The summed E-state index contributed by atoms with van der Waals surface area (Å²) in [4.78, 5) is 12.9. The normalized spacial score (nSPS) is 11.2. The number of hydrogen-bond donors (Lipinski definition) is 0. The topological polar surface area (TPSA) is 65.8 Å². The number of rotatable bonds is 8. The number of carbonyl (C=O) groups excluding carboxylic acids is 1. The van der Waals surface area contributed by atoms with Crippen LogP contribution in [0.25, 0.3) is 11.6 Å². The number of benzene rings is 1. The van der Waals surface area contributed by atoms with Crippen molar-refractivity contribution >= 4 is 17.5 Å². The highest BCUT2D eigenvalue weighted by molar-refractivity contribution is 7.99. The Balaban J connectivity index is 1.59. The molecule has 0 fully saturated rings. The van der Waals surface area contributed by atoms with E-state index >= 15 is 0 Å². The fourth-order valence-corrected chi connectivity index (χ4v) is 4.49. The average Bonchev–Trinajstić information content (AvgIpc) is 3.47. The number of carbonyl (C=O) groups is 1. The van der Waals surface area contributed by atoms with Crippen LogP contribution >= 0.6 is 11.8 Å². The van der Waals surface area contributed by atoms with Crippen LogP contribution in [0.1, 0.15) is 34.2 Å². The van der Waals surface area contributed by atoms with E-state index in [0.29, 0.717) is 29.0 Å². The van der Waals surface area contributed by atoms with Crippen LogP contribution in [-0.4, -0.2) is 30.9 Å². The van der Waals surface area contributed by atoms with Crippen LogP contribution in [0.5, 0.6) is 0 Å². The summed E-state index contributed by atoms with van der Waals surface area (Å²) >= 11 is 1.41. The lowest BCUT2D eigenvalue weighted by Crippen LogP contribution is -2.08. The minimum atomic E-state index is 0.0987. The molecule has 0 N–H and O–H groups in total. The molecule has 3 aromatic heterocycles. The largest absolute Gasteiger partial charge is 0.461 e. The summed E-state index contributed by atoms with van der Waals surface area (Å²) in [6.07, 6.45) is 1.62. The average molecular weight is 421 g/mol. The Morgan fingerprint density at radius 2 is 1.87 bits per heavy atom. The van der Waals surface area contributed by atoms with Gasteiger partial charge in [0.1, 0.15) is 0 Å². The Hall–Kier alpha value is -3.06. The van der Waals surface area contributed by atoms with E-state index in [0.717, 1.165) is 29.1 Å². The molecule has 4 rings (SSSR count). The molecule has 1 aromatic carbocycles. The summed E-state index contributed by atoms with van der Waals surface area (Å²) in [5.74, 6) is 1.71. The molecule has 0 radical (unpaired) electrons. The van der Waals surface area contributed by atoms with Crippen molar-refractivity contribution in [3.8, 4) is 11.6 Å². The zero-order valence-corrected chi connectivity index (χ0v) is 18.1. The molecule has 0 aliphatic heterocycles. The molecule has 0 bridgehead atoms. The van der Waals surface area contributed by atoms with E-state index in [-0.39, 0.29) is 5.78 Å². The predicted molar refractivity (Wildman–Crippen MR) is 118 cm³/mol. The maximum absolute atomic E-state index is 12.9. The van der Waals surface area contributed by atoms with E-state index in [4.69, 9.17) is 4.42 Å². The number of Topliss-reactive ketones (excluding diaryl/α,β-unsaturated/α-hetero) is 1. The van der Waals surface area contributed by atoms with Gasteiger partial charge in [-0.3, -0.25) is 9.36 Å². The standard InChI is InChI=1S/C23H24N4O2S/c1-4-26-16(2)13-19(17(26)3)20(28)15-30-23-25-24-22(21-11-8-12-29-21)27(23)14-18-9-6-5-7-10-18/h5-13H,4,14-15H2,1-3H3. The van der Waals surface area contributed by atoms with E-state index in [9.17, 15) is 4.79 Å². The number of hydrogen-bond acceptors (Lipinski definition) is 5.